The minimum absolute atomic E-state index is 0.272. The Hall–Kier alpha value is -3.38. The Labute approximate surface area is 204 Å². The molecule has 33 heavy (non-hydrogen) atoms. The molecule has 0 atom stereocenters. The van der Waals surface area contributed by atoms with E-state index in [4.69, 9.17) is 32.6 Å². The van der Waals surface area contributed by atoms with Crippen LogP contribution >= 0.6 is 34.5 Å². The van der Waals surface area contributed by atoms with Gasteiger partial charge < -0.3 is 9.73 Å². The molecule has 3 aromatic carbocycles. The van der Waals surface area contributed by atoms with Gasteiger partial charge in [-0.05, 0) is 60.7 Å². The maximum Gasteiger partial charge on any atom is 0.248 e. The van der Waals surface area contributed by atoms with Crippen LogP contribution in [-0.4, -0.2) is 10.9 Å². The first-order valence-corrected chi connectivity index (χ1v) is 11.6. The lowest BCUT2D eigenvalue weighted by Gasteiger charge is -2.07. The maximum atomic E-state index is 12.6. The molecule has 0 saturated carbocycles. The highest BCUT2D eigenvalue weighted by Gasteiger charge is 2.12. The zero-order valence-electron chi connectivity index (χ0n) is 17.1. The van der Waals surface area contributed by atoms with Crippen LogP contribution in [0, 0.1) is 0 Å². The summed E-state index contributed by atoms with van der Waals surface area (Å²) < 4.78 is 6.92. The number of amides is 1. The summed E-state index contributed by atoms with van der Waals surface area (Å²) in [6, 6.07) is 24.4. The number of halogens is 2. The third-order valence-electron chi connectivity index (χ3n) is 4.93. The molecule has 0 fully saturated rings. The number of hydrogen-bond acceptors (Lipinski definition) is 4. The Morgan fingerprint density at radius 1 is 0.939 bits per heavy atom. The van der Waals surface area contributed by atoms with Crippen LogP contribution < -0.4 is 5.32 Å². The first-order valence-electron chi connectivity index (χ1n) is 10.1. The number of carbonyl (C=O) groups is 1. The van der Waals surface area contributed by atoms with E-state index >= 15 is 0 Å². The Morgan fingerprint density at radius 2 is 1.76 bits per heavy atom. The molecule has 0 spiro atoms. The van der Waals surface area contributed by atoms with Crippen LogP contribution in [0.1, 0.15) is 5.76 Å². The Kier molecular flexibility index (Phi) is 6.01. The summed E-state index contributed by atoms with van der Waals surface area (Å²) in [5.74, 6) is 0.856. The lowest BCUT2D eigenvalue weighted by Crippen LogP contribution is -2.08. The quantitative estimate of drug-likeness (QED) is 0.252. The van der Waals surface area contributed by atoms with Crippen molar-refractivity contribution in [3.05, 3.63) is 101 Å². The second-order valence-electron chi connectivity index (χ2n) is 7.18. The van der Waals surface area contributed by atoms with E-state index in [0.717, 1.165) is 26.4 Å². The first-order chi connectivity index (χ1) is 16.1. The molecule has 1 amide bonds. The second-order valence-corrected chi connectivity index (χ2v) is 9.06. The molecule has 2 aromatic heterocycles. The van der Waals surface area contributed by atoms with Gasteiger partial charge in [-0.1, -0.05) is 47.5 Å². The number of fused-ring (bicyclic) bond motifs is 1. The van der Waals surface area contributed by atoms with E-state index in [0.29, 0.717) is 27.3 Å². The van der Waals surface area contributed by atoms with Gasteiger partial charge in [0.25, 0.3) is 0 Å². The van der Waals surface area contributed by atoms with E-state index < -0.39 is 0 Å². The number of carbonyl (C=O) groups excluding carboxylic acids is 1. The number of anilines is 1. The second kappa shape index (κ2) is 9.24. The number of aromatic nitrogens is 1. The standard InChI is InChI=1S/C26H16Cl2N2O2S/c27-16-9-12-18(20(28)15-16)23-13-10-17(32-23)11-14-25(31)29-21-6-2-1-5-19(21)26-30-22-7-3-4-8-24(22)33-26/h1-15H,(H,29,31)/b14-11+. The molecule has 5 aromatic rings. The van der Waals surface area contributed by atoms with Gasteiger partial charge in [0.1, 0.15) is 16.5 Å². The van der Waals surface area contributed by atoms with Crippen LogP contribution in [0.3, 0.4) is 0 Å². The molecule has 0 aliphatic rings. The van der Waals surface area contributed by atoms with Gasteiger partial charge in [0, 0.05) is 22.2 Å². The van der Waals surface area contributed by atoms with Crippen molar-refractivity contribution in [3.63, 3.8) is 0 Å². The topological polar surface area (TPSA) is 55.1 Å². The predicted molar refractivity (Wildman–Crippen MR) is 137 cm³/mol. The van der Waals surface area contributed by atoms with E-state index in [2.05, 4.69) is 5.32 Å². The number of hydrogen-bond donors (Lipinski definition) is 1. The molecule has 0 aliphatic carbocycles. The van der Waals surface area contributed by atoms with E-state index in [1.165, 1.54) is 6.08 Å². The highest BCUT2D eigenvalue weighted by Crippen LogP contribution is 2.35. The number of para-hydroxylation sites is 2. The first kappa shape index (κ1) is 21.5. The lowest BCUT2D eigenvalue weighted by atomic mass is 10.2. The molecule has 2 heterocycles. The Balaban J connectivity index is 1.33. The van der Waals surface area contributed by atoms with Crippen LogP contribution in [0.2, 0.25) is 10.0 Å². The molecule has 0 bridgehead atoms. The summed E-state index contributed by atoms with van der Waals surface area (Å²) in [6.07, 6.45) is 3.05. The van der Waals surface area contributed by atoms with E-state index in [9.17, 15) is 4.79 Å². The van der Waals surface area contributed by atoms with Crippen molar-refractivity contribution in [3.8, 4) is 21.9 Å². The van der Waals surface area contributed by atoms with Crippen molar-refractivity contribution in [2.45, 2.75) is 0 Å². The van der Waals surface area contributed by atoms with Crippen molar-refractivity contribution in [2.24, 2.45) is 0 Å². The van der Waals surface area contributed by atoms with Gasteiger partial charge in [-0.2, -0.15) is 0 Å². The number of nitrogens with zero attached hydrogens (tertiary/aromatic N) is 1. The van der Waals surface area contributed by atoms with Crippen LogP contribution in [0.25, 0.3) is 38.2 Å². The summed E-state index contributed by atoms with van der Waals surface area (Å²) in [4.78, 5) is 17.3. The van der Waals surface area contributed by atoms with Crippen molar-refractivity contribution in [1.29, 1.82) is 0 Å². The van der Waals surface area contributed by atoms with Crippen LogP contribution in [0.5, 0.6) is 0 Å². The maximum absolute atomic E-state index is 12.6. The van der Waals surface area contributed by atoms with Crippen molar-refractivity contribution < 1.29 is 9.21 Å². The highest BCUT2D eigenvalue weighted by molar-refractivity contribution is 7.21. The zero-order valence-corrected chi connectivity index (χ0v) is 19.4. The average molecular weight is 491 g/mol. The monoisotopic (exact) mass is 490 g/mol. The zero-order chi connectivity index (χ0) is 22.8. The van der Waals surface area contributed by atoms with Crippen LogP contribution in [0.15, 0.2) is 89.4 Å². The molecule has 162 valence electrons. The highest BCUT2D eigenvalue weighted by atomic mass is 35.5. The fourth-order valence-corrected chi connectivity index (χ4v) is 4.88. The van der Waals surface area contributed by atoms with Gasteiger partial charge in [-0.25, -0.2) is 4.98 Å². The minimum atomic E-state index is -0.272. The van der Waals surface area contributed by atoms with Crippen LogP contribution in [0.4, 0.5) is 5.69 Å². The van der Waals surface area contributed by atoms with Crippen molar-refractivity contribution >= 4 is 62.4 Å². The number of rotatable bonds is 5. The Morgan fingerprint density at radius 3 is 2.61 bits per heavy atom. The molecule has 5 rings (SSSR count). The molecule has 0 radical (unpaired) electrons. The van der Waals surface area contributed by atoms with Crippen molar-refractivity contribution in [1.82, 2.24) is 4.98 Å². The van der Waals surface area contributed by atoms with Gasteiger partial charge in [0.2, 0.25) is 5.91 Å². The molecular formula is C26H16Cl2N2O2S. The van der Waals surface area contributed by atoms with Gasteiger partial charge in [0.15, 0.2) is 0 Å². The number of thiazole rings is 1. The third-order valence-corrected chi connectivity index (χ3v) is 6.55. The Bertz CT molecular complexity index is 1470. The molecular weight excluding hydrogens is 475 g/mol. The van der Waals surface area contributed by atoms with Gasteiger partial charge in [-0.3, -0.25) is 4.79 Å². The smallest absolute Gasteiger partial charge is 0.248 e. The van der Waals surface area contributed by atoms with E-state index in [1.54, 1.807) is 47.7 Å². The number of nitrogens with one attached hydrogen (secondary N) is 1. The summed E-state index contributed by atoms with van der Waals surface area (Å²) in [6.45, 7) is 0. The van der Waals surface area contributed by atoms with Gasteiger partial charge in [-0.15, -0.1) is 11.3 Å². The van der Waals surface area contributed by atoms with Crippen LogP contribution in [-0.2, 0) is 4.79 Å². The summed E-state index contributed by atoms with van der Waals surface area (Å²) in [5, 5.41) is 4.84. The molecule has 1 N–H and O–H groups in total. The van der Waals surface area contributed by atoms with E-state index in [1.807, 2.05) is 48.5 Å². The van der Waals surface area contributed by atoms with Gasteiger partial charge >= 0.3 is 0 Å². The molecule has 0 aliphatic heterocycles. The van der Waals surface area contributed by atoms with Crippen molar-refractivity contribution in [2.75, 3.05) is 5.32 Å². The normalized spacial score (nSPS) is 11.3. The average Bonchev–Trinajstić information content (AvgIpc) is 3.45. The largest absolute Gasteiger partial charge is 0.457 e. The summed E-state index contributed by atoms with van der Waals surface area (Å²) >= 11 is 13.8. The summed E-state index contributed by atoms with van der Waals surface area (Å²) in [7, 11) is 0. The fraction of sp³-hybridized carbons (Fsp3) is 0. The molecule has 0 saturated heterocycles. The summed E-state index contributed by atoms with van der Waals surface area (Å²) in [5.41, 5.74) is 3.24. The third kappa shape index (κ3) is 4.71. The van der Waals surface area contributed by atoms with Gasteiger partial charge in [0.05, 0.1) is 20.9 Å². The number of benzene rings is 3. The molecule has 4 nitrogen and oxygen atoms in total. The van der Waals surface area contributed by atoms with E-state index in [-0.39, 0.29) is 5.91 Å². The number of furan rings is 1. The fourth-order valence-electron chi connectivity index (χ4n) is 3.37. The lowest BCUT2D eigenvalue weighted by molar-refractivity contribution is -0.111. The molecule has 0 unspecified atom stereocenters. The minimum Gasteiger partial charge on any atom is -0.457 e. The molecule has 7 heteroatoms. The predicted octanol–water partition coefficient (Wildman–Crippen LogP) is 8.18. The SMILES string of the molecule is O=C(/C=C/c1ccc(-c2ccc(Cl)cc2Cl)o1)Nc1ccccc1-c1nc2ccccc2s1.